The molecule has 4 amide bonds. The quantitative estimate of drug-likeness (QED) is 0.531. The van der Waals surface area contributed by atoms with Crippen molar-refractivity contribution < 1.29 is 33.4 Å². The number of ether oxygens (including phenoxy) is 2. The Labute approximate surface area is 177 Å². The molecule has 1 heterocycles. The molecule has 160 valence electrons. The third kappa shape index (κ3) is 2.80. The van der Waals surface area contributed by atoms with Crippen LogP contribution in [0.1, 0.15) is 31.8 Å². The second-order valence-corrected chi connectivity index (χ2v) is 7.80. The highest BCUT2D eigenvalue weighted by atomic mass is 16.5. The Kier molecular flexibility index (Phi) is 4.57. The van der Waals surface area contributed by atoms with Crippen LogP contribution in [0, 0.1) is 5.41 Å². The number of hydrogen-bond donors (Lipinski definition) is 0. The van der Waals surface area contributed by atoms with E-state index in [1.165, 1.54) is 40.4 Å². The van der Waals surface area contributed by atoms with E-state index in [4.69, 9.17) is 9.47 Å². The van der Waals surface area contributed by atoms with Crippen LogP contribution in [0.25, 0.3) is 10.8 Å². The van der Waals surface area contributed by atoms with E-state index in [1.54, 1.807) is 12.1 Å². The van der Waals surface area contributed by atoms with E-state index in [2.05, 4.69) is 0 Å². The molecule has 2 aliphatic rings. The number of nitrogens with zero attached hydrogens (tertiary/aromatic N) is 2. The van der Waals surface area contributed by atoms with Crippen LogP contribution in [0.2, 0.25) is 0 Å². The highest BCUT2D eigenvalue weighted by Crippen LogP contribution is 2.43. The van der Waals surface area contributed by atoms with Crippen molar-refractivity contribution in [1.82, 2.24) is 9.80 Å². The lowest BCUT2D eigenvalue weighted by atomic mass is 9.80. The second-order valence-electron chi connectivity index (χ2n) is 7.80. The Balaban J connectivity index is 1.85. The molecule has 1 spiro atoms. The van der Waals surface area contributed by atoms with Crippen molar-refractivity contribution in [3.8, 4) is 0 Å². The summed E-state index contributed by atoms with van der Waals surface area (Å²) in [5.41, 5.74) is 0.278. The molecule has 1 saturated heterocycles. The number of hydrogen-bond acceptors (Lipinski definition) is 7. The Morgan fingerprint density at radius 2 is 1.16 bits per heavy atom. The monoisotopic (exact) mass is 424 g/mol. The molecule has 1 fully saturated rings. The summed E-state index contributed by atoms with van der Waals surface area (Å²) in [6.07, 6.45) is 0.286. The Morgan fingerprint density at radius 3 is 1.52 bits per heavy atom. The molecule has 0 bridgehead atoms. The van der Waals surface area contributed by atoms with Gasteiger partial charge in [0.15, 0.2) is 0 Å². The molecule has 0 atom stereocenters. The van der Waals surface area contributed by atoms with E-state index in [1.807, 2.05) is 0 Å². The zero-order valence-electron chi connectivity index (χ0n) is 17.5. The van der Waals surface area contributed by atoms with Gasteiger partial charge < -0.3 is 9.47 Å². The molecule has 4 rings (SSSR count). The first-order valence-corrected chi connectivity index (χ1v) is 9.51. The maximum atomic E-state index is 13.0. The zero-order valence-corrected chi connectivity index (χ0v) is 17.5. The number of rotatable bonds is 2. The van der Waals surface area contributed by atoms with Crippen molar-refractivity contribution >= 4 is 40.6 Å². The molecule has 1 aliphatic carbocycles. The zero-order chi connectivity index (χ0) is 22.7. The van der Waals surface area contributed by atoms with Gasteiger partial charge in [-0.15, -0.1) is 0 Å². The Bertz CT molecular complexity index is 1110. The summed E-state index contributed by atoms with van der Waals surface area (Å²) < 4.78 is 9.57. The van der Waals surface area contributed by atoms with Gasteiger partial charge in [-0.2, -0.15) is 0 Å². The van der Waals surface area contributed by atoms with Crippen molar-refractivity contribution in [2.24, 2.45) is 5.41 Å². The summed E-state index contributed by atoms with van der Waals surface area (Å²) in [7, 11) is 5.16. The number of urea groups is 1. The van der Waals surface area contributed by atoms with Crippen molar-refractivity contribution in [3.63, 3.8) is 0 Å². The maximum absolute atomic E-state index is 13.0. The molecule has 0 unspecified atom stereocenters. The van der Waals surface area contributed by atoms with E-state index in [0.717, 1.165) is 20.9 Å². The fourth-order valence-corrected chi connectivity index (χ4v) is 4.48. The van der Waals surface area contributed by atoms with Gasteiger partial charge in [0, 0.05) is 14.1 Å². The first-order chi connectivity index (χ1) is 14.6. The average Bonchev–Trinajstić information content (AvgIpc) is 3.16. The summed E-state index contributed by atoms with van der Waals surface area (Å²) >= 11 is 0. The van der Waals surface area contributed by atoms with Crippen LogP contribution in [0.4, 0.5) is 4.79 Å². The molecule has 0 N–H and O–H groups in total. The summed E-state index contributed by atoms with van der Waals surface area (Å²) in [5.74, 6) is -2.44. The van der Waals surface area contributed by atoms with Gasteiger partial charge in [-0.3, -0.25) is 19.4 Å². The lowest BCUT2D eigenvalue weighted by Gasteiger charge is -2.39. The number of benzene rings is 2. The molecule has 9 heteroatoms. The fraction of sp³-hybridized carbons (Fsp3) is 0.318. The van der Waals surface area contributed by atoms with Crippen LogP contribution in [-0.2, 0) is 31.9 Å². The van der Waals surface area contributed by atoms with Crippen molar-refractivity contribution in [2.75, 3.05) is 28.3 Å². The predicted molar refractivity (Wildman–Crippen MR) is 107 cm³/mol. The largest absolute Gasteiger partial charge is 0.465 e. The number of amides is 4. The maximum Gasteiger partial charge on any atom is 0.338 e. The minimum absolute atomic E-state index is 0.0596. The number of barbiturate groups is 1. The van der Waals surface area contributed by atoms with Crippen molar-refractivity contribution in [1.29, 1.82) is 0 Å². The van der Waals surface area contributed by atoms with Gasteiger partial charge in [0.1, 0.15) is 5.41 Å². The molecule has 9 nitrogen and oxygen atoms in total. The first kappa shape index (κ1) is 20.5. The number of imide groups is 2. The third-order valence-corrected chi connectivity index (χ3v) is 6.09. The van der Waals surface area contributed by atoms with E-state index in [0.29, 0.717) is 10.8 Å². The smallest absolute Gasteiger partial charge is 0.338 e. The summed E-state index contributed by atoms with van der Waals surface area (Å²) in [6.45, 7) is 0. The molecular weight excluding hydrogens is 404 g/mol. The fourth-order valence-electron chi connectivity index (χ4n) is 4.48. The SMILES string of the molecule is COC(=O)c1cc2cc3c(cc2cc1C(=O)OC)CC1(C3)C(=O)N(C)C(=O)N(C)C1=O. The van der Waals surface area contributed by atoms with E-state index >= 15 is 0 Å². The van der Waals surface area contributed by atoms with Gasteiger partial charge in [-0.1, -0.05) is 12.1 Å². The van der Waals surface area contributed by atoms with Crippen LogP contribution in [0.15, 0.2) is 24.3 Å². The molecule has 2 aromatic carbocycles. The van der Waals surface area contributed by atoms with Gasteiger partial charge in [0.25, 0.3) is 0 Å². The van der Waals surface area contributed by atoms with E-state index in [9.17, 15) is 24.0 Å². The lowest BCUT2D eigenvalue weighted by Crippen LogP contribution is -2.63. The summed E-state index contributed by atoms with van der Waals surface area (Å²) in [4.78, 5) is 64.4. The number of esters is 2. The predicted octanol–water partition coefficient (Wildman–Crippen LogP) is 1.55. The van der Waals surface area contributed by atoms with Crippen LogP contribution in [0.3, 0.4) is 0 Å². The number of methoxy groups -OCH3 is 2. The van der Waals surface area contributed by atoms with Gasteiger partial charge >= 0.3 is 18.0 Å². The average molecular weight is 424 g/mol. The van der Waals surface area contributed by atoms with Crippen LogP contribution in [-0.4, -0.2) is 67.9 Å². The minimum Gasteiger partial charge on any atom is -0.465 e. The molecule has 1 aliphatic heterocycles. The lowest BCUT2D eigenvalue weighted by molar-refractivity contribution is -0.156. The summed E-state index contributed by atoms with van der Waals surface area (Å²) in [5, 5.41) is 1.30. The number of fused-ring (bicyclic) bond motifs is 2. The van der Waals surface area contributed by atoms with Crippen molar-refractivity contribution in [2.45, 2.75) is 12.8 Å². The van der Waals surface area contributed by atoms with Gasteiger partial charge in [0.2, 0.25) is 11.8 Å². The summed E-state index contributed by atoms with van der Waals surface area (Å²) in [6, 6.07) is 6.00. The van der Waals surface area contributed by atoms with Crippen LogP contribution in [0.5, 0.6) is 0 Å². The topological polar surface area (TPSA) is 110 Å². The molecule has 2 aromatic rings. The molecule has 0 radical (unpaired) electrons. The van der Waals surface area contributed by atoms with Crippen LogP contribution < -0.4 is 0 Å². The molecule has 0 aromatic heterocycles. The highest BCUT2D eigenvalue weighted by Gasteiger charge is 2.57. The van der Waals surface area contributed by atoms with Gasteiger partial charge in [-0.05, 0) is 46.9 Å². The minimum atomic E-state index is -1.38. The third-order valence-electron chi connectivity index (χ3n) is 6.09. The van der Waals surface area contributed by atoms with Crippen molar-refractivity contribution in [3.05, 3.63) is 46.5 Å². The first-order valence-electron chi connectivity index (χ1n) is 9.51. The van der Waals surface area contributed by atoms with Crippen LogP contribution >= 0.6 is 0 Å². The number of carbonyl (C=O) groups excluding carboxylic acids is 5. The van der Waals surface area contributed by atoms with Gasteiger partial charge in [-0.25, -0.2) is 14.4 Å². The number of carbonyl (C=O) groups is 5. The molecular formula is C22H20N2O7. The standard InChI is InChI=1S/C22H20N2O7/c1-23-19(27)22(20(28)24(2)21(23)29)9-13-5-11-7-15(17(25)30-3)16(18(26)31-4)8-12(11)6-14(13)10-22/h5-8H,9-10H2,1-4H3. The Morgan fingerprint density at radius 1 is 0.774 bits per heavy atom. The second kappa shape index (κ2) is 6.90. The Hall–Kier alpha value is -3.75. The van der Waals surface area contributed by atoms with E-state index in [-0.39, 0.29) is 24.0 Å². The van der Waals surface area contributed by atoms with Gasteiger partial charge in [0.05, 0.1) is 25.3 Å². The van der Waals surface area contributed by atoms with E-state index < -0.39 is 35.2 Å². The molecule has 0 saturated carbocycles. The normalized spacial score (nSPS) is 17.4. The molecule has 31 heavy (non-hydrogen) atoms. The highest BCUT2D eigenvalue weighted by molar-refractivity contribution is 6.19.